The van der Waals surface area contributed by atoms with Crippen LogP contribution in [0, 0.1) is 11.3 Å². The topological polar surface area (TPSA) is 65.3 Å². The molecule has 0 aliphatic carbocycles. The van der Waals surface area contributed by atoms with Crippen molar-refractivity contribution in [1.82, 2.24) is 0 Å². The van der Waals surface area contributed by atoms with E-state index in [9.17, 15) is 10.4 Å². The number of fused-ring (bicyclic) bond motifs is 1. The van der Waals surface area contributed by atoms with Gasteiger partial charge in [0.25, 0.3) is 0 Å². The zero-order valence-corrected chi connectivity index (χ0v) is 12.0. The van der Waals surface area contributed by atoms with Gasteiger partial charge in [-0.3, -0.25) is 0 Å². The maximum absolute atomic E-state index is 10.6. The summed E-state index contributed by atoms with van der Waals surface area (Å²) in [6, 6.07) is 13.7. The van der Waals surface area contributed by atoms with E-state index in [4.69, 9.17) is 4.74 Å². The molecule has 3 rings (SSSR count). The number of hydrogen-bond acceptors (Lipinski definition) is 4. The lowest BCUT2D eigenvalue weighted by Crippen LogP contribution is -2.43. The Hall–Kier alpha value is -2.09. The molecule has 1 heterocycles. The summed E-state index contributed by atoms with van der Waals surface area (Å²) in [7, 11) is 0. The number of nitrogens with one attached hydrogen (secondary N) is 1. The molecule has 4 heteroatoms. The first-order valence-corrected chi connectivity index (χ1v) is 7.14. The van der Waals surface area contributed by atoms with Crippen molar-refractivity contribution in [2.45, 2.75) is 25.0 Å². The van der Waals surface area contributed by atoms with Crippen LogP contribution in [0.2, 0.25) is 0 Å². The molecule has 1 aliphatic rings. The third-order valence-electron chi connectivity index (χ3n) is 4.29. The van der Waals surface area contributed by atoms with E-state index in [2.05, 4.69) is 11.4 Å². The van der Waals surface area contributed by atoms with Gasteiger partial charge in [-0.2, -0.15) is 5.26 Å². The number of benzene rings is 2. The second kappa shape index (κ2) is 5.36. The number of rotatable bonds is 3. The predicted molar refractivity (Wildman–Crippen MR) is 82.1 cm³/mol. The van der Waals surface area contributed by atoms with Crippen LogP contribution in [0.5, 0.6) is 0 Å². The normalized spacial score (nSPS) is 24.9. The number of anilines is 1. The molecule has 0 saturated carbocycles. The molecule has 2 N–H and O–H groups in total. The summed E-state index contributed by atoms with van der Waals surface area (Å²) in [6.07, 6.45) is 0.463. The first kappa shape index (κ1) is 13.9. The molecule has 0 amide bonds. The maximum atomic E-state index is 10.6. The molecule has 0 radical (unpaired) electrons. The molecule has 2 unspecified atom stereocenters. The van der Waals surface area contributed by atoms with Gasteiger partial charge in [-0.1, -0.05) is 24.3 Å². The van der Waals surface area contributed by atoms with Gasteiger partial charge in [-0.25, -0.2) is 0 Å². The molecular formula is C17H18N2O2. The van der Waals surface area contributed by atoms with Gasteiger partial charge in [0.15, 0.2) is 0 Å². The molecule has 0 aromatic heterocycles. The second-order valence-corrected chi connectivity index (χ2v) is 5.54. The van der Waals surface area contributed by atoms with Crippen LogP contribution < -0.4 is 5.32 Å². The molecule has 108 valence electrons. The summed E-state index contributed by atoms with van der Waals surface area (Å²) in [5.41, 5.74) is 0.749. The average Bonchev–Trinajstić information content (AvgIpc) is 2.84. The Morgan fingerprint density at radius 1 is 1.33 bits per heavy atom. The van der Waals surface area contributed by atoms with Gasteiger partial charge in [0.2, 0.25) is 0 Å². The lowest BCUT2D eigenvalue weighted by molar-refractivity contribution is -0.0175. The summed E-state index contributed by atoms with van der Waals surface area (Å²) >= 11 is 0. The fourth-order valence-corrected chi connectivity index (χ4v) is 2.80. The molecule has 2 atom stereocenters. The van der Waals surface area contributed by atoms with Gasteiger partial charge < -0.3 is 15.2 Å². The van der Waals surface area contributed by atoms with Crippen molar-refractivity contribution in [3.05, 3.63) is 42.0 Å². The lowest BCUT2D eigenvalue weighted by atomic mass is 9.96. The Labute approximate surface area is 124 Å². The molecule has 1 aliphatic heterocycles. The van der Waals surface area contributed by atoms with Crippen LogP contribution in [-0.2, 0) is 4.74 Å². The van der Waals surface area contributed by atoms with Crippen LogP contribution in [-0.4, -0.2) is 30.0 Å². The minimum atomic E-state index is -0.838. The minimum absolute atomic E-state index is 0.172. The zero-order chi connectivity index (χ0) is 14.9. The number of hydrogen-bond donors (Lipinski definition) is 2. The number of nitriles is 1. The molecular weight excluding hydrogens is 264 g/mol. The van der Waals surface area contributed by atoms with E-state index in [0.717, 1.165) is 16.5 Å². The van der Waals surface area contributed by atoms with Crippen molar-refractivity contribution in [3.63, 3.8) is 0 Å². The molecule has 21 heavy (non-hydrogen) atoms. The van der Waals surface area contributed by atoms with E-state index in [1.165, 1.54) is 0 Å². The summed E-state index contributed by atoms with van der Waals surface area (Å²) in [5.74, 6) is 0. The van der Waals surface area contributed by atoms with Crippen molar-refractivity contribution in [2.24, 2.45) is 0 Å². The third-order valence-corrected chi connectivity index (χ3v) is 4.29. The highest BCUT2D eigenvalue weighted by atomic mass is 16.5. The highest BCUT2D eigenvalue weighted by Gasteiger charge is 2.39. The van der Waals surface area contributed by atoms with Crippen LogP contribution in [0.4, 0.5) is 5.69 Å². The van der Waals surface area contributed by atoms with Crippen molar-refractivity contribution in [3.8, 4) is 6.07 Å². The molecule has 1 fully saturated rings. The van der Waals surface area contributed by atoms with Gasteiger partial charge in [0.05, 0.1) is 17.7 Å². The fraction of sp³-hybridized carbons (Fsp3) is 0.353. The Bertz CT molecular complexity index is 707. The maximum Gasteiger partial charge on any atom is 0.110 e. The van der Waals surface area contributed by atoms with E-state index in [1.54, 1.807) is 0 Å². The smallest absolute Gasteiger partial charge is 0.110 e. The van der Waals surface area contributed by atoms with Crippen LogP contribution in [0.3, 0.4) is 0 Å². The van der Waals surface area contributed by atoms with E-state index >= 15 is 0 Å². The molecule has 2 aromatic carbocycles. The highest BCUT2D eigenvalue weighted by Crippen LogP contribution is 2.29. The van der Waals surface area contributed by atoms with E-state index in [0.29, 0.717) is 25.1 Å². The molecule has 2 aromatic rings. The molecule has 4 nitrogen and oxygen atoms in total. The van der Waals surface area contributed by atoms with Crippen molar-refractivity contribution in [1.29, 1.82) is 5.26 Å². The van der Waals surface area contributed by atoms with Crippen molar-refractivity contribution >= 4 is 16.5 Å². The first-order valence-electron chi connectivity index (χ1n) is 7.14. The average molecular weight is 282 g/mol. The number of nitrogens with zero attached hydrogens (tertiary/aromatic N) is 1. The van der Waals surface area contributed by atoms with Gasteiger partial charge in [-0.05, 0) is 19.1 Å². The molecule has 0 spiro atoms. The minimum Gasteiger partial charge on any atom is -0.385 e. The summed E-state index contributed by atoms with van der Waals surface area (Å²) in [5, 5.41) is 25.0. The van der Waals surface area contributed by atoms with Crippen LogP contribution in [0.25, 0.3) is 10.8 Å². The largest absolute Gasteiger partial charge is 0.385 e. The van der Waals surface area contributed by atoms with Gasteiger partial charge in [-0.15, -0.1) is 0 Å². The van der Waals surface area contributed by atoms with Gasteiger partial charge in [0, 0.05) is 36.0 Å². The quantitative estimate of drug-likeness (QED) is 0.908. The van der Waals surface area contributed by atoms with E-state index in [-0.39, 0.29) is 6.10 Å². The fourth-order valence-electron chi connectivity index (χ4n) is 2.80. The highest BCUT2D eigenvalue weighted by molar-refractivity contribution is 5.97. The Balaban J connectivity index is 1.90. The Kier molecular flexibility index (Phi) is 3.54. The second-order valence-electron chi connectivity index (χ2n) is 5.54. The number of ether oxygens (including phenoxy) is 1. The van der Waals surface area contributed by atoms with E-state index < -0.39 is 5.60 Å². The van der Waals surface area contributed by atoms with Crippen LogP contribution in [0.1, 0.15) is 18.9 Å². The monoisotopic (exact) mass is 282 g/mol. The summed E-state index contributed by atoms with van der Waals surface area (Å²) in [4.78, 5) is 0. The SMILES string of the molecule is CC1OCCC1(O)CNc1ccc(C#N)c2ccccc12. The standard InChI is InChI=1S/C17H18N2O2/c1-12-17(20,8-9-21-12)11-19-16-7-6-13(10-18)14-4-2-3-5-15(14)16/h2-7,12,19-20H,8-9,11H2,1H3. The molecule has 0 bridgehead atoms. The first-order chi connectivity index (χ1) is 10.1. The van der Waals surface area contributed by atoms with Gasteiger partial charge >= 0.3 is 0 Å². The van der Waals surface area contributed by atoms with Crippen molar-refractivity contribution in [2.75, 3.05) is 18.5 Å². The lowest BCUT2D eigenvalue weighted by Gasteiger charge is -2.27. The van der Waals surface area contributed by atoms with Crippen LogP contribution >= 0.6 is 0 Å². The van der Waals surface area contributed by atoms with Crippen LogP contribution in [0.15, 0.2) is 36.4 Å². The Morgan fingerprint density at radius 3 is 2.76 bits per heavy atom. The van der Waals surface area contributed by atoms with Crippen molar-refractivity contribution < 1.29 is 9.84 Å². The summed E-state index contributed by atoms with van der Waals surface area (Å²) < 4.78 is 5.45. The Morgan fingerprint density at radius 2 is 2.10 bits per heavy atom. The third kappa shape index (κ3) is 2.46. The number of aliphatic hydroxyl groups is 1. The molecule has 1 saturated heterocycles. The van der Waals surface area contributed by atoms with Gasteiger partial charge in [0.1, 0.15) is 5.60 Å². The zero-order valence-electron chi connectivity index (χ0n) is 12.0. The summed E-state index contributed by atoms with van der Waals surface area (Å²) in [6.45, 7) is 2.92. The predicted octanol–water partition coefficient (Wildman–Crippen LogP) is 2.66. The van der Waals surface area contributed by atoms with E-state index in [1.807, 2.05) is 43.3 Å².